The van der Waals surface area contributed by atoms with Crippen molar-refractivity contribution in [2.75, 3.05) is 0 Å². The fourth-order valence-corrected chi connectivity index (χ4v) is 1.19. The minimum Gasteiger partial charge on any atom is -0.192 e. The fourth-order valence-electron chi connectivity index (χ4n) is 1.19. The van der Waals surface area contributed by atoms with Crippen LogP contribution in [0.25, 0.3) is 0 Å². The van der Waals surface area contributed by atoms with Crippen molar-refractivity contribution in [1.82, 2.24) is 0 Å². The Hall–Kier alpha value is -1.55. The van der Waals surface area contributed by atoms with Crippen LogP contribution in [0.2, 0.25) is 0 Å². The lowest BCUT2D eigenvalue weighted by Gasteiger charge is -2.06. The van der Waals surface area contributed by atoms with Crippen LogP contribution in [0.1, 0.15) is 23.6 Å². The average molecular weight is 170 g/mol. The lowest BCUT2D eigenvalue weighted by molar-refractivity contribution is 1.23. The monoisotopic (exact) mass is 170 g/mol. The molecule has 0 aliphatic heterocycles. The predicted octanol–water partition coefficient (Wildman–Crippen LogP) is 3.00. The van der Waals surface area contributed by atoms with Crippen LogP contribution < -0.4 is 0 Å². The second-order valence-corrected chi connectivity index (χ2v) is 3.09. The normalized spacial score (nSPS) is 9.69. The second-order valence-electron chi connectivity index (χ2n) is 3.09. The Morgan fingerprint density at radius 2 is 2.15 bits per heavy atom. The number of rotatable bonds is 2. The van der Waals surface area contributed by atoms with E-state index in [0.29, 0.717) is 5.56 Å². The Labute approximate surface area is 79.3 Å². The summed E-state index contributed by atoms with van der Waals surface area (Å²) >= 11 is 0. The smallest absolute Gasteiger partial charge is 0.0991 e. The highest BCUT2D eigenvalue weighted by atomic mass is 14.2. The molecule has 0 aliphatic rings. The van der Waals surface area contributed by atoms with Crippen LogP contribution >= 0.6 is 0 Å². The van der Waals surface area contributed by atoms with Crippen molar-refractivity contribution in [2.24, 2.45) is 0 Å². The maximum atomic E-state index is 8.76. The van der Waals surface area contributed by atoms with Gasteiger partial charge >= 0.3 is 0 Å². The largest absolute Gasteiger partial charge is 0.192 e. The van der Waals surface area contributed by atoms with Crippen molar-refractivity contribution >= 4 is 0 Å². The molecule has 0 unspecified atom stereocenters. The van der Waals surface area contributed by atoms with Gasteiger partial charge in [0.15, 0.2) is 0 Å². The molecule has 0 atom stereocenters. The van der Waals surface area contributed by atoms with Gasteiger partial charge in [-0.15, -0.1) is 6.58 Å². The van der Waals surface area contributed by atoms with E-state index in [2.05, 4.69) is 18.7 Å². The molecule has 1 nitrogen and oxygen atoms in total. The van der Waals surface area contributed by atoms with E-state index in [-0.39, 0.29) is 0 Å². The average Bonchev–Trinajstić information content (AvgIpc) is 2.15. The molecule has 0 N–H and O–H groups in total. The van der Waals surface area contributed by atoms with Gasteiger partial charge in [-0.25, -0.2) is 0 Å². The summed E-state index contributed by atoms with van der Waals surface area (Å²) < 4.78 is 0. The van der Waals surface area contributed by atoms with Crippen LogP contribution in [0, 0.1) is 24.2 Å². The summed E-state index contributed by atoms with van der Waals surface area (Å²) in [6.45, 7) is 7.68. The van der Waals surface area contributed by atoms with Gasteiger partial charge in [0.1, 0.15) is 0 Å². The van der Waals surface area contributed by atoms with Crippen molar-refractivity contribution < 1.29 is 0 Å². The van der Waals surface area contributed by atoms with Gasteiger partial charge in [0.05, 0.1) is 11.6 Å². The topological polar surface area (TPSA) is 23.8 Å². The Morgan fingerprint density at radius 3 is 2.69 bits per heavy atom. The Morgan fingerprint density at radius 1 is 1.46 bits per heavy atom. The molecular formula is C12H12N. The van der Waals surface area contributed by atoms with E-state index >= 15 is 0 Å². The quantitative estimate of drug-likeness (QED) is 0.669. The maximum Gasteiger partial charge on any atom is 0.0991 e. The minimum atomic E-state index is 0.705. The fraction of sp³-hybridized carbons (Fsp3) is 0.167. The number of hydrogen-bond acceptors (Lipinski definition) is 1. The van der Waals surface area contributed by atoms with Crippen molar-refractivity contribution in [3.05, 3.63) is 53.5 Å². The highest BCUT2D eigenvalue weighted by molar-refractivity contribution is 5.44. The van der Waals surface area contributed by atoms with Gasteiger partial charge in [-0.2, -0.15) is 5.26 Å². The number of hydrogen-bond donors (Lipinski definition) is 0. The molecule has 65 valence electrons. The molecule has 0 saturated carbocycles. The van der Waals surface area contributed by atoms with Crippen LogP contribution in [-0.4, -0.2) is 0 Å². The molecule has 0 amide bonds. The van der Waals surface area contributed by atoms with Crippen LogP contribution in [0.3, 0.4) is 0 Å². The zero-order valence-electron chi connectivity index (χ0n) is 7.96. The number of nitriles is 1. The van der Waals surface area contributed by atoms with Crippen LogP contribution in [-0.2, 0) is 0 Å². The van der Waals surface area contributed by atoms with Gasteiger partial charge < -0.3 is 0 Å². The third-order valence-corrected chi connectivity index (χ3v) is 1.97. The Bertz CT molecular complexity index is 358. The first kappa shape index (κ1) is 9.54. The molecule has 0 saturated heterocycles. The van der Waals surface area contributed by atoms with Gasteiger partial charge in [0, 0.05) is 5.92 Å². The van der Waals surface area contributed by atoms with Crippen molar-refractivity contribution in [1.29, 1.82) is 5.26 Å². The molecule has 1 radical (unpaired) electrons. The standard InChI is InChI=1S/C12H12N/c1-4-10(3)12-6-9(2)5-11(7-12)8-13/h4-7H,1H2,2-3H3. The lowest BCUT2D eigenvalue weighted by Crippen LogP contribution is -1.92. The van der Waals surface area contributed by atoms with Gasteiger partial charge in [0.25, 0.3) is 0 Å². The summed E-state index contributed by atoms with van der Waals surface area (Å²) in [5, 5.41) is 8.76. The number of allylic oxidation sites excluding steroid dienone is 1. The molecule has 1 heteroatoms. The van der Waals surface area contributed by atoms with E-state index in [1.165, 1.54) is 0 Å². The third kappa shape index (κ3) is 2.19. The molecule has 0 aliphatic carbocycles. The summed E-state index contributed by atoms with van der Waals surface area (Å²) in [6, 6.07) is 7.95. The first-order chi connectivity index (χ1) is 6.17. The highest BCUT2D eigenvalue weighted by Gasteiger charge is 2.03. The van der Waals surface area contributed by atoms with E-state index in [9.17, 15) is 0 Å². The molecule has 0 fully saturated rings. The van der Waals surface area contributed by atoms with E-state index < -0.39 is 0 Å². The van der Waals surface area contributed by atoms with Crippen molar-refractivity contribution in [3.8, 4) is 6.07 Å². The molecule has 13 heavy (non-hydrogen) atoms. The molecule has 1 rings (SSSR count). The number of benzene rings is 1. The summed E-state index contributed by atoms with van der Waals surface area (Å²) in [5.41, 5.74) is 2.89. The van der Waals surface area contributed by atoms with Gasteiger partial charge in [-0.05, 0) is 30.2 Å². The molecular weight excluding hydrogens is 158 g/mol. The molecule has 0 spiro atoms. The summed E-state index contributed by atoms with van der Waals surface area (Å²) in [6.07, 6.45) is 1.80. The summed E-state index contributed by atoms with van der Waals surface area (Å²) in [5.74, 6) is 1.10. The van der Waals surface area contributed by atoms with E-state index in [1.54, 1.807) is 6.08 Å². The Kier molecular flexibility index (Phi) is 2.87. The molecule has 0 heterocycles. The van der Waals surface area contributed by atoms with Crippen molar-refractivity contribution in [2.45, 2.75) is 13.8 Å². The van der Waals surface area contributed by atoms with Crippen LogP contribution in [0.15, 0.2) is 30.9 Å². The Balaban J connectivity index is 3.17. The van der Waals surface area contributed by atoms with E-state index in [4.69, 9.17) is 5.26 Å². The van der Waals surface area contributed by atoms with E-state index in [0.717, 1.165) is 17.0 Å². The van der Waals surface area contributed by atoms with Crippen LogP contribution in [0.5, 0.6) is 0 Å². The molecule has 0 bridgehead atoms. The van der Waals surface area contributed by atoms with Gasteiger partial charge in [0.2, 0.25) is 0 Å². The zero-order chi connectivity index (χ0) is 9.84. The first-order valence-electron chi connectivity index (χ1n) is 4.15. The number of aryl methyl sites for hydroxylation is 1. The van der Waals surface area contributed by atoms with Gasteiger partial charge in [-0.1, -0.05) is 19.1 Å². The maximum absolute atomic E-state index is 8.76. The molecule has 0 aromatic heterocycles. The third-order valence-electron chi connectivity index (χ3n) is 1.97. The van der Waals surface area contributed by atoms with Crippen molar-refractivity contribution in [3.63, 3.8) is 0 Å². The van der Waals surface area contributed by atoms with Gasteiger partial charge in [-0.3, -0.25) is 0 Å². The zero-order valence-corrected chi connectivity index (χ0v) is 7.96. The molecule has 1 aromatic carbocycles. The summed E-state index contributed by atoms with van der Waals surface area (Å²) in [4.78, 5) is 0. The second kappa shape index (κ2) is 3.91. The SMILES string of the molecule is C=C[C](C)c1cc(C)cc(C#N)c1. The predicted molar refractivity (Wildman–Crippen MR) is 54.1 cm³/mol. The summed E-state index contributed by atoms with van der Waals surface area (Å²) in [7, 11) is 0. The minimum absolute atomic E-state index is 0.705. The molecule has 1 aromatic rings. The van der Waals surface area contributed by atoms with Crippen LogP contribution in [0.4, 0.5) is 0 Å². The first-order valence-corrected chi connectivity index (χ1v) is 4.15. The lowest BCUT2D eigenvalue weighted by atomic mass is 9.97. The highest BCUT2D eigenvalue weighted by Crippen LogP contribution is 2.18. The van der Waals surface area contributed by atoms with E-state index in [1.807, 2.05) is 26.0 Å². The number of nitrogens with zero attached hydrogens (tertiary/aromatic N) is 1.